The molecular formula is C29H24Cl5F2N3O4. The van der Waals surface area contributed by atoms with E-state index in [0.29, 0.717) is 10.6 Å². The first-order valence-electron chi connectivity index (χ1n) is 12.8. The first-order chi connectivity index (χ1) is 20.2. The molecule has 0 spiro atoms. The Bertz CT molecular complexity index is 1610. The number of anilines is 3. The molecule has 3 aromatic carbocycles. The van der Waals surface area contributed by atoms with Crippen molar-refractivity contribution in [2.75, 3.05) is 29.2 Å². The van der Waals surface area contributed by atoms with Gasteiger partial charge in [0, 0.05) is 25.3 Å². The minimum absolute atomic E-state index is 0.000530. The van der Waals surface area contributed by atoms with Gasteiger partial charge in [0.15, 0.2) is 5.82 Å². The summed E-state index contributed by atoms with van der Waals surface area (Å²) in [5, 5.41) is 5.46. The molecule has 0 saturated heterocycles. The van der Waals surface area contributed by atoms with E-state index in [-0.39, 0.29) is 33.6 Å². The lowest BCUT2D eigenvalue weighted by Crippen LogP contribution is -2.30. The Balaban J connectivity index is 1.54. The average Bonchev–Trinajstić information content (AvgIpc) is 3.54. The van der Waals surface area contributed by atoms with Gasteiger partial charge in [-0.2, -0.15) is 0 Å². The van der Waals surface area contributed by atoms with Crippen molar-refractivity contribution in [3.63, 3.8) is 0 Å². The number of amides is 3. The maximum Gasteiger partial charge on any atom is 0.259 e. The van der Waals surface area contributed by atoms with E-state index in [1.165, 1.54) is 32.2 Å². The zero-order valence-electron chi connectivity index (χ0n) is 22.8. The molecule has 228 valence electrons. The molecule has 0 bridgehead atoms. The second-order valence-corrected chi connectivity index (χ2v) is 12.4. The molecule has 1 aliphatic rings. The molecule has 0 heterocycles. The van der Waals surface area contributed by atoms with E-state index in [0.717, 1.165) is 17.0 Å². The lowest BCUT2D eigenvalue weighted by Gasteiger charge is -2.21. The smallest absolute Gasteiger partial charge is 0.259 e. The predicted octanol–water partition coefficient (Wildman–Crippen LogP) is 8.09. The summed E-state index contributed by atoms with van der Waals surface area (Å²) < 4.78 is 33.6. The molecule has 0 radical (unpaired) electrons. The molecule has 43 heavy (non-hydrogen) atoms. The van der Waals surface area contributed by atoms with Crippen LogP contribution in [0.15, 0.2) is 48.5 Å². The molecule has 0 aromatic heterocycles. The van der Waals surface area contributed by atoms with Gasteiger partial charge in [0.05, 0.1) is 32.2 Å². The van der Waals surface area contributed by atoms with Crippen LogP contribution in [0.2, 0.25) is 15.1 Å². The molecule has 3 aromatic rings. The molecule has 1 aliphatic carbocycles. The summed E-state index contributed by atoms with van der Waals surface area (Å²) in [4.78, 5) is 39.8. The zero-order chi connectivity index (χ0) is 31.8. The topological polar surface area (TPSA) is 87.7 Å². The summed E-state index contributed by atoms with van der Waals surface area (Å²) in [6, 6.07) is 10.9. The van der Waals surface area contributed by atoms with Gasteiger partial charge in [0.2, 0.25) is 5.91 Å². The van der Waals surface area contributed by atoms with Gasteiger partial charge in [0.25, 0.3) is 11.8 Å². The number of rotatable bonds is 9. The number of halogens is 7. The van der Waals surface area contributed by atoms with Gasteiger partial charge < -0.3 is 20.3 Å². The highest BCUT2D eigenvalue weighted by molar-refractivity contribution is 6.53. The summed E-state index contributed by atoms with van der Waals surface area (Å²) in [6.07, 6.45) is -0.971. The molecule has 1 unspecified atom stereocenters. The van der Waals surface area contributed by atoms with Crippen LogP contribution >= 0.6 is 58.0 Å². The molecule has 14 heteroatoms. The molecule has 1 saturated carbocycles. The Labute approximate surface area is 271 Å². The van der Waals surface area contributed by atoms with E-state index < -0.39 is 57.3 Å². The lowest BCUT2D eigenvalue weighted by atomic mass is 10.1. The number of alkyl halides is 2. The van der Waals surface area contributed by atoms with Crippen molar-refractivity contribution in [3.05, 3.63) is 86.4 Å². The molecule has 3 atom stereocenters. The third kappa shape index (κ3) is 6.87. The predicted molar refractivity (Wildman–Crippen MR) is 166 cm³/mol. The number of carbonyl (C=O) groups is 3. The van der Waals surface area contributed by atoms with Gasteiger partial charge >= 0.3 is 0 Å². The second kappa shape index (κ2) is 13.1. The number of hydrogen-bond acceptors (Lipinski definition) is 4. The van der Waals surface area contributed by atoms with Crippen LogP contribution in [-0.2, 0) is 14.3 Å². The molecule has 4 rings (SSSR count). The fourth-order valence-electron chi connectivity index (χ4n) is 4.52. The molecular weight excluding hydrogens is 670 g/mol. The van der Waals surface area contributed by atoms with E-state index in [2.05, 4.69) is 10.6 Å². The zero-order valence-corrected chi connectivity index (χ0v) is 26.6. The molecule has 3 amide bonds. The van der Waals surface area contributed by atoms with E-state index in [4.69, 9.17) is 62.7 Å². The average molecular weight is 694 g/mol. The number of nitrogens with one attached hydrogen (secondary N) is 2. The van der Waals surface area contributed by atoms with E-state index >= 15 is 4.39 Å². The molecule has 2 N–H and O–H groups in total. The van der Waals surface area contributed by atoms with Crippen LogP contribution in [0.4, 0.5) is 25.8 Å². The van der Waals surface area contributed by atoms with E-state index in [1.54, 1.807) is 25.1 Å². The first-order valence-corrected chi connectivity index (χ1v) is 14.7. The van der Waals surface area contributed by atoms with Crippen LogP contribution < -0.4 is 15.5 Å². The molecule has 7 nitrogen and oxygen atoms in total. The highest BCUT2D eigenvalue weighted by Crippen LogP contribution is 2.65. The number of ether oxygens (including phenoxy) is 1. The Morgan fingerprint density at radius 3 is 2.30 bits per heavy atom. The monoisotopic (exact) mass is 691 g/mol. The van der Waals surface area contributed by atoms with Crippen LogP contribution in [0.25, 0.3) is 0 Å². The molecule has 0 aliphatic heterocycles. The Kier molecular flexibility index (Phi) is 10.2. The van der Waals surface area contributed by atoms with Gasteiger partial charge in [-0.15, -0.1) is 23.2 Å². The minimum Gasteiger partial charge on any atom is -0.369 e. The van der Waals surface area contributed by atoms with Crippen molar-refractivity contribution < 1.29 is 27.9 Å². The van der Waals surface area contributed by atoms with Gasteiger partial charge in [-0.1, -0.05) is 40.9 Å². The SMILES string of the molecule is CCOC(C)C(=O)Nc1c(F)ccc(N(C)C(=O)c2cc(NC(=O)[C@H]3[C@H](c4ccc(Cl)c(Cl)c4)C3(Cl)Cl)ccc2Cl)c1F. The van der Waals surface area contributed by atoms with Crippen LogP contribution in [0.3, 0.4) is 0 Å². The molecule has 1 fully saturated rings. The van der Waals surface area contributed by atoms with Crippen LogP contribution in [0, 0.1) is 17.6 Å². The highest BCUT2D eigenvalue weighted by Gasteiger charge is 2.67. The van der Waals surface area contributed by atoms with Crippen molar-refractivity contribution in [2.24, 2.45) is 5.92 Å². The number of hydrogen-bond donors (Lipinski definition) is 2. The minimum atomic E-state index is -1.42. The Morgan fingerprint density at radius 1 is 0.977 bits per heavy atom. The van der Waals surface area contributed by atoms with E-state index in [9.17, 15) is 18.8 Å². The highest BCUT2D eigenvalue weighted by atomic mass is 35.5. The summed E-state index contributed by atoms with van der Waals surface area (Å²) in [5.74, 6) is -5.73. The van der Waals surface area contributed by atoms with Crippen molar-refractivity contribution in [1.29, 1.82) is 0 Å². The fourth-order valence-corrected chi connectivity index (χ4v) is 5.85. The standard InChI is InChI=1S/C29H24Cl5F2N3O4/c1-4-43-13(2)26(40)38-25-20(35)9-10-21(24(25)36)39(3)28(42)16-12-15(6-8-17(16)30)37-27(41)23-22(29(23,33)34)14-5-7-18(31)19(32)11-14/h5-13,22-23H,4H2,1-3H3,(H,37,41)(H,38,40)/t13?,22-,23+/m0/s1. The van der Waals surface area contributed by atoms with Gasteiger partial charge in [-0.25, -0.2) is 8.78 Å². The Morgan fingerprint density at radius 2 is 1.65 bits per heavy atom. The van der Waals surface area contributed by atoms with Crippen LogP contribution in [0.1, 0.15) is 35.7 Å². The number of benzene rings is 3. The second-order valence-electron chi connectivity index (χ2n) is 9.69. The van der Waals surface area contributed by atoms with Gasteiger partial charge in [-0.3, -0.25) is 14.4 Å². The van der Waals surface area contributed by atoms with Crippen LogP contribution in [0.5, 0.6) is 0 Å². The van der Waals surface area contributed by atoms with E-state index in [1.807, 2.05) is 0 Å². The summed E-state index contributed by atoms with van der Waals surface area (Å²) in [6.45, 7) is 3.31. The van der Waals surface area contributed by atoms with Gasteiger partial charge in [-0.05, 0) is 61.9 Å². The maximum atomic E-state index is 15.4. The number of nitrogens with zero attached hydrogens (tertiary/aromatic N) is 1. The third-order valence-electron chi connectivity index (χ3n) is 6.87. The third-order valence-corrected chi connectivity index (χ3v) is 8.88. The summed E-state index contributed by atoms with van der Waals surface area (Å²) >= 11 is 31.2. The quantitative estimate of drug-likeness (QED) is 0.222. The maximum absolute atomic E-state index is 15.4. The largest absolute Gasteiger partial charge is 0.369 e. The number of carbonyl (C=O) groups excluding carboxylic acids is 3. The Hall–Kier alpha value is -2.66. The lowest BCUT2D eigenvalue weighted by molar-refractivity contribution is -0.126. The normalized spacial score (nSPS) is 17.6. The fraction of sp³-hybridized carbons (Fsp3) is 0.276. The van der Waals surface area contributed by atoms with Crippen molar-refractivity contribution in [3.8, 4) is 0 Å². The van der Waals surface area contributed by atoms with Gasteiger partial charge in [0.1, 0.15) is 21.9 Å². The van der Waals surface area contributed by atoms with Crippen molar-refractivity contribution >= 4 is 92.8 Å². The first kappa shape index (κ1) is 33.2. The summed E-state index contributed by atoms with van der Waals surface area (Å²) in [7, 11) is 1.25. The van der Waals surface area contributed by atoms with Crippen molar-refractivity contribution in [2.45, 2.75) is 30.2 Å². The van der Waals surface area contributed by atoms with Crippen molar-refractivity contribution in [1.82, 2.24) is 0 Å². The van der Waals surface area contributed by atoms with Crippen LogP contribution in [-0.4, -0.2) is 41.8 Å². The summed E-state index contributed by atoms with van der Waals surface area (Å²) in [5.41, 5.74) is -0.369.